The van der Waals surface area contributed by atoms with Gasteiger partial charge in [-0.05, 0) is 12.1 Å². The lowest BCUT2D eigenvalue weighted by Crippen LogP contribution is -2.14. The van der Waals surface area contributed by atoms with Gasteiger partial charge in [0.05, 0.1) is 9.79 Å². The topological polar surface area (TPSA) is 95.1 Å². The molecule has 0 saturated heterocycles. The van der Waals surface area contributed by atoms with E-state index in [1.54, 1.807) is 0 Å². The summed E-state index contributed by atoms with van der Waals surface area (Å²) in [5, 5.41) is 0. The summed E-state index contributed by atoms with van der Waals surface area (Å²) in [7, 11) is -7.64. The molecular weight excluding hydrogens is 252 g/mol. The van der Waals surface area contributed by atoms with Crippen LogP contribution >= 0.6 is 0 Å². The lowest BCUT2D eigenvalue weighted by Gasteiger charge is -2.02. The quantitative estimate of drug-likeness (QED) is 0.623. The van der Waals surface area contributed by atoms with E-state index in [0.29, 0.717) is 10.2 Å². The maximum atomic E-state index is 11.7. The Morgan fingerprint density at radius 2 is 1.62 bits per heavy atom. The number of fused-ring (bicyclic) bond motifs is 1. The normalized spacial score (nSPS) is 21.6. The molecule has 1 aromatic rings. The van der Waals surface area contributed by atoms with E-state index >= 15 is 0 Å². The second-order valence-corrected chi connectivity index (χ2v) is 6.98. The Bertz CT molecular complexity index is 674. The van der Waals surface area contributed by atoms with E-state index in [2.05, 4.69) is 0 Å². The maximum Gasteiger partial charge on any atom is 0.259 e. The first-order chi connectivity index (χ1) is 7.33. The van der Waals surface area contributed by atoms with Crippen molar-refractivity contribution in [1.29, 1.82) is 0 Å². The van der Waals surface area contributed by atoms with E-state index in [1.165, 1.54) is 24.3 Å². The Morgan fingerprint density at radius 1 is 1.06 bits per heavy atom. The van der Waals surface area contributed by atoms with Gasteiger partial charge in [-0.25, -0.2) is 16.8 Å². The van der Waals surface area contributed by atoms with Crippen molar-refractivity contribution in [2.75, 3.05) is 5.88 Å². The molecule has 16 heavy (non-hydrogen) atoms. The fourth-order valence-corrected chi connectivity index (χ4v) is 4.65. The van der Waals surface area contributed by atoms with E-state index in [1.807, 2.05) is 0 Å². The van der Waals surface area contributed by atoms with E-state index in [0.717, 1.165) is 0 Å². The fraction of sp³-hybridized carbons (Fsp3) is 0.125. The molecule has 1 aliphatic heterocycles. The van der Waals surface area contributed by atoms with E-state index < -0.39 is 25.6 Å². The first-order valence-electron chi connectivity index (χ1n) is 4.22. The molecule has 1 heterocycles. The Morgan fingerprint density at radius 3 is 2.25 bits per heavy atom. The van der Waals surface area contributed by atoms with Crippen LogP contribution in [0.4, 0.5) is 0 Å². The number of nitrogens with zero attached hydrogens (tertiary/aromatic N) is 1. The molecule has 0 spiro atoms. The van der Waals surface area contributed by atoms with Crippen LogP contribution in [0.15, 0.2) is 34.1 Å². The zero-order valence-electron chi connectivity index (χ0n) is 7.99. The highest BCUT2D eigenvalue weighted by molar-refractivity contribution is 8.05. The predicted octanol–water partition coefficient (Wildman–Crippen LogP) is 0.213. The van der Waals surface area contributed by atoms with Crippen LogP contribution in [0, 0.1) is 0 Å². The molecule has 0 unspecified atom stereocenters. The van der Waals surface area contributed by atoms with Crippen LogP contribution in [-0.2, 0) is 19.7 Å². The maximum absolute atomic E-state index is 11.7. The lowest BCUT2D eigenvalue weighted by atomic mass is 10.4. The van der Waals surface area contributed by atoms with E-state index in [9.17, 15) is 16.8 Å². The van der Waals surface area contributed by atoms with Gasteiger partial charge in [0.25, 0.3) is 15.4 Å². The SMILES string of the molecule is [NH-][N+]1=CS(=O)(=O)c2ccccc2S(=O)(=O)C1. The van der Waals surface area contributed by atoms with Crippen molar-refractivity contribution >= 4 is 25.2 Å². The first-order valence-corrected chi connectivity index (χ1v) is 7.42. The van der Waals surface area contributed by atoms with Crippen LogP contribution in [0.25, 0.3) is 5.84 Å². The Labute approximate surface area is 92.8 Å². The zero-order chi connectivity index (χ0) is 12.0. The highest BCUT2D eigenvalue weighted by Gasteiger charge is 2.32. The number of rotatable bonds is 0. The van der Waals surface area contributed by atoms with Gasteiger partial charge < -0.3 is 5.84 Å². The molecule has 0 bridgehead atoms. The van der Waals surface area contributed by atoms with E-state index in [-0.39, 0.29) is 9.79 Å². The van der Waals surface area contributed by atoms with Crippen molar-refractivity contribution in [2.24, 2.45) is 0 Å². The lowest BCUT2D eigenvalue weighted by molar-refractivity contribution is -0.428. The summed E-state index contributed by atoms with van der Waals surface area (Å²) >= 11 is 0. The van der Waals surface area contributed by atoms with Crippen molar-refractivity contribution in [3.05, 3.63) is 30.1 Å². The molecule has 0 aromatic heterocycles. The second-order valence-electron chi connectivity index (χ2n) is 3.31. The molecule has 1 aromatic carbocycles. The summed E-state index contributed by atoms with van der Waals surface area (Å²) in [5.74, 6) is 6.55. The van der Waals surface area contributed by atoms with E-state index in [4.69, 9.17) is 5.84 Å². The highest BCUT2D eigenvalue weighted by Crippen LogP contribution is 2.24. The molecule has 86 valence electrons. The smallest absolute Gasteiger partial charge is 0.259 e. The largest absolute Gasteiger partial charge is 0.453 e. The van der Waals surface area contributed by atoms with Crippen molar-refractivity contribution in [1.82, 2.24) is 0 Å². The average molecular weight is 260 g/mol. The summed E-state index contributed by atoms with van der Waals surface area (Å²) in [6.07, 6.45) is 0. The highest BCUT2D eigenvalue weighted by atomic mass is 32.2. The number of sulfone groups is 2. The minimum Gasteiger partial charge on any atom is -0.453 e. The van der Waals surface area contributed by atoms with Gasteiger partial charge in [-0.2, -0.15) is 0 Å². The Balaban J connectivity index is 2.92. The third-order valence-corrected chi connectivity index (χ3v) is 5.34. The van der Waals surface area contributed by atoms with Crippen LogP contribution in [-0.4, -0.2) is 32.9 Å². The van der Waals surface area contributed by atoms with Crippen LogP contribution < -0.4 is 0 Å². The molecule has 0 aliphatic carbocycles. The number of benzene rings is 1. The van der Waals surface area contributed by atoms with Crippen LogP contribution in [0.5, 0.6) is 0 Å². The van der Waals surface area contributed by atoms with Crippen molar-refractivity contribution in [2.45, 2.75) is 9.79 Å². The first kappa shape index (κ1) is 11.1. The van der Waals surface area contributed by atoms with Crippen LogP contribution in [0.3, 0.4) is 0 Å². The molecule has 0 fully saturated rings. The van der Waals surface area contributed by atoms with Crippen molar-refractivity contribution in [3.63, 3.8) is 0 Å². The standard InChI is InChI=1S/C8H8N2O4S2/c9-10-5-15(11,12)7-3-1-2-4-8(7)16(13,14)6-10/h1-5,9H,6H2. The summed E-state index contributed by atoms with van der Waals surface area (Å²) in [4.78, 5) is -0.522. The summed E-state index contributed by atoms with van der Waals surface area (Å²) < 4.78 is 47.3. The van der Waals surface area contributed by atoms with Crippen LogP contribution in [0.2, 0.25) is 0 Å². The van der Waals surface area contributed by atoms with Gasteiger partial charge in [-0.3, -0.25) is 4.68 Å². The fourth-order valence-electron chi connectivity index (χ4n) is 1.45. The van der Waals surface area contributed by atoms with Gasteiger partial charge in [-0.15, -0.1) is 0 Å². The average Bonchev–Trinajstić information content (AvgIpc) is 2.21. The van der Waals surface area contributed by atoms with Crippen molar-refractivity contribution in [3.8, 4) is 0 Å². The van der Waals surface area contributed by atoms with Gasteiger partial charge in [0.1, 0.15) is 0 Å². The van der Waals surface area contributed by atoms with Gasteiger partial charge in [0.15, 0.2) is 0 Å². The molecule has 0 atom stereocenters. The van der Waals surface area contributed by atoms with Gasteiger partial charge in [-0.1, -0.05) is 12.1 Å². The summed E-state index contributed by atoms with van der Waals surface area (Å²) in [6.45, 7) is 0. The minimum atomic E-state index is -3.86. The predicted molar refractivity (Wildman–Crippen MR) is 56.3 cm³/mol. The van der Waals surface area contributed by atoms with Crippen LogP contribution in [0.1, 0.15) is 0 Å². The molecule has 8 heteroatoms. The molecule has 0 amide bonds. The Hall–Kier alpha value is -1.41. The molecule has 2 rings (SSSR count). The molecule has 1 N–H and O–H groups in total. The third kappa shape index (κ3) is 1.69. The number of hydrogen-bond acceptors (Lipinski definition) is 4. The summed E-state index contributed by atoms with van der Waals surface area (Å²) in [5.41, 5.74) is 0.608. The third-order valence-electron chi connectivity index (χ3n) is 2.07. The molecular formula is C8H8N2O4S2. The zero-order valence-corrected chi connectivity index (χ0v) is 9.62. The summed E-state index contributed by atoms with van der Waals surface area (Å²) in [6, 6.07) is 5.35. The molecule has 1 aliphatic rings. The molecule has 0 radical (unpaired) electrons. The van der Waals surface area contributed by atoms with Gasteiger partial charge in [0.2, 0.25) is 15.7 Å². The van der Waals surface area contributed by atoms with Gasteiger partial charge >= 0.3 is 0 Å². The monoisotopic (exact) mass is 260 g/mol. The molecule has 0 saturated carbocycles. The second kappa shape index (κ2) is 3.29. The van der Waals surface area contributed by atoms with Gasteiger partial charge in [0, 0.05) is 0 Å². The number of nitrogens with one attached hydrogen (secondary N) is 1. The van der Waals surface area contributed by atoms with Crippen molar-refractivity contribution < 1.29 is 21.5 Å². The minimum absolute atomic E-state index is 0.249. The number of hydrogen-bond donors (Lipinski definition) is 0. The molecule has 6 nitrogen and oxygen atoms in total. The Kier molecular flexibility index (Phi) is 2.28.